The summed E-state index contributed by atoms with van der Waals surface area (Å²) in [6, 6.07) is -1.07. The van der Waals surface area contributed by atoms with E-state index in [0.29, 0.717) is 6.42 Å². The summed E-state index contributed by atoms with van der Waals surface area (Å²) in [7, 11) is -4.34. The summed E-state index contributed by atoms with van der Waals surface area (Å²) >= 11 is 0. The molecule has 248 valence electrons. The number of hydrogen-bond donors (Lipinski definition) is 3. The molecule has 42 heavy (non-hydrogen) atoms. The number of carbonyl (C=O) groups is 1. The lowest BCUT2D eigenvalue weighted by molar-refractivity contribution is -0.122. The molecule has 0 aliphatic carbocycles. The van der Waals surface area contributed by atoms with Gasteiger partial charge in [-0.25, -0.2) is 0 Å². The lowest BCUT2D eigenvalue weighted by atomic mass is 10.0. The molecule has 0 fully saturated rings. The van der Waals surface area contributed by atoms with Crippen LogP contribution in [0, 0.1) is 0 Å². The van der Waals surface area contributed by atoms with Crippen molar-refractivity contribution < 1.29 is 22.9 Å². The van der Waals surface area contributed by atoms with E-state index in [0.717, 1.165) is 38.5 Å². The smallest absolute Gasteiger partial charge is 0.267 e. The molecule has 0 saturated heterocycles. The summed E-state index contributed by atoms with van der Waals surface area (Å²) < 4.78 is 32.3. The van der Waals surface area contributed by atoms with Gasteiger partial charge in [-0.1, -0.05) is 160 Å². The average Bonchev–Trinajstić information content (AvgIpc) is 2.94. The van der Waals surface area contributed by atoms with Crippen LogP contribution in [0.3, 0.4) is 0 Å². The van der Waals surface area contributed by atoms with Gasteiger partial charge in [0.1, 0.15) is 0 Å². The van der Waals surface area contributed by atoms with Gasteiger partial charge < -0.3 is 10.4 Å². The molecule has 7 heteroatoms. The molecular formula is C35H67NO5S. The number of nitrogens with one attached hydrogen (secondary N) is 1. The van der Waals surface area contributed by atoms with Crippen LogP contribution < -0.4 is 5.32 Å². The maximum atomic E-state index is 12.4. The predicted molar refractivity (Wildman–Crippen MR) is 179 cm³/mol. The molecule has 0 radical (unpaired) electrons. The molecule has 0 bridgehead atoms. The first-order chi connectivity index (χ1) is 20.3. The van der Waals surface area contributed by atoms with Crippen molar-refractivity contribution in [1.82, 2.24) is 5.32 Å². The van der Waals surface area contributed by atoms with Crippen molar-refractivity contribution in [3.8, 4) is 0 Å². The van der Waals surface area contributed by atoms with Crippen LogP contribution in [0.1, 0.15) is 174 Å². The standard InChI is InChI=1S/C35H67NO5S/c1-3-5-7-9-11-13-15-17-19-20-22-24-26-28-30-34(37)33(32-42(39,40)41)36-35(38)31-29-27-25-23-21-18-16-14-12-10-8-6-4-2/h20,22,28,30,33-34,37H,3-19,21,23-27,29,31-32H2,1-2H3,(H,36,38)(H,39,40,41)/b22-20+,30-28+. The third-order valence-electron chi connectivity index (χ3n) is 7.88. The van der Waals surface area contributed by atoms with Crippen molar-refractivity contribution >= 4 is 16.0 Å². The van der Waals surface area contributed by atoms with Crippen LogP contribution in [0.5, 0.6) is 0 Å². The Bertz CT molecular complexity index is 765. The lowest BCUT2D eigenvalue weighted by Gasteiger charge is -2.21. The maximum absolute atomic E-state index is 12.4. The Labute approximate surface area is 260 Å². The number of amides is 1. The van der Waals surface area contributed by atoms with Crippen molar-refractivity contribution in [3.05, 3.63) is 24.3 Å². The first-order valence-electron chi connectivity index (χ1n) is 17.5. The van der Waals surface area contributed by atoms with Crippen molar-refractivity contribution in [2.45, 2.75) is 187 Å². The van der Waals surface area contributed by atoms with Crippen LogP contribution in [-0.4, -0.2) is 41.9 Å². The van der Waals surface area contributed by atoms with Gasteiger partial charge in [0.15, 0.2) is 0 Å². The third-order valence-corrected chi connectivity index (χ3v) is 8.66. The Morgan fingerprint density at radius 2 is 1.02 bits per heavy atom. The molecule has 0 aliphatic rings. The number of rotatable bonds is 31. The predicted octanol–water partition coefficient (Wildman–Crippen LogP) is 9.62. The van der Waals surface area contributed by atoms with Gasteiger partial charge in [0.2, 0.25) is 5.91 Å². The van der Waals surface area contributed by atoms with Crippen LogP contribution in [0.2, 0.25) is 0 Å². The highest BCUT2D eigenvalue weighted by Gasteiger charge is 2.24. The zero-order valence-corrected chi connectivity index (χ0v) is 28.2. The van der Waals surface area contributed by atoms with Gasteiger partial charge in [0, 0.05) is 6.42 Å². The van der Waals surface area contributed by atoms with E-state index in [1.54, 1.807) is 6.08 Å². The first-order valence-corrected chi connectivity index (χ1v) is 19.1. The zero-order valence-electron chi connectivity index (χ0n) is 27.4. The quantitative estimate of drug-likeness (QED) is 0.0410. The monoisotopic (exact) mass is 613 g/mol. The Kier molecular flexibility index (Phi) is 29.0. The molecule has 3 N–H and O–H groups in total. The van der Waals surface area contributed by atoms with E-state index in [-0.39, 0.29) is 5.91 Å². The van der Waals surface area contributed by atoms with Crippen molar-refractivity contribution in [2.24, 2.45) is 0 Å². The third kappa shape index (κ3) is 30.3. The van der Waals surface area contributed by atoms with Crippen LogP contribution in [0.15, 0.2) is 24.3 Å². The fourth-order valence-electron chi connectivity index (χ4n) is 5.23. The van der Waals surface area contributed by atoms with E-state index in [1.807, 2.05) is 0 Å². The highest BCUT2D eigenvalue weighted by Crippen LogP contribution is 2.14. The molecule has 6 nitrogen and oxygen atoms in total. The first kappa shape index (κ1) is 40.8. The van der Waals surface area contributed by atoms with E-state index < -0.39 is 28.0 Å². The molecule has 1 amide bonds. The summed E-state index contributed by atoms with van der Waals surface area (Å²) in [6.45, 7) is 4.49. The van der Waals surface area contributed by atoms with Gasteiger partial charge in [-0.2, -0.15) is 8.42 Å². The molecule has 0 aromatic carbocycles. The topological polar surface area (TPSA) is 104 Å². The Balaban J connectivity index is 4.06. The lowest BCUT2D eigenvalue weighted by Crippen LogP contribution is -2.46. The van der Waals surface area contributed by atoms with Crippen molar-refractivity contribution in [2.75, 3.05) is 5.75 Å². The number of carbonyl (C=O) groups excluding carboxylic acids is 1. The van der Waals surface area contributed by atoms with Gasteiger partial charge in [0.05, 0.1) is 17.9 Å². The molecule has 0 aliphatic heterocycles. The van der Waals surface area contributed by atoms with Crippen molar-refractivity contribution in [1.29, 1.82) is 0 Å². The fraction of sp³-hybridized carbons (Fsp3) is 0.857. The summed E-state index contributed by atoms with van der Waals surface area (Å²) in [6.07, 6.45) is 35.9. The minimum absolute atomic E-state index is 0.289. The van der Waals surface area contributed by atoms with E-state index in [9.17, 15) is 22.9 Å². The number of allylic oxidation sites excluding steroid dienone is 3. The number of aliphatic hydroxyl groups is 1. The van der Waals surface area contributed by atoms with Crippen molar-refractivity contribution in [3.63, 3.8) is 0 Å². The largest absolute Gasteiger partial charge is 0.387 e. The Hall–Kier alpha value is -1.18. The van der Waals surface area contributed by atoms with Crippen LogP contribution >= 0.6 is 0 Å². The summed E-state index contributed by atoms with van der Waals surface area (Å²) in [4.78, 5) is 12.4. The summed E-state index contributed by atoms with van der Waals surface area (Å²) in [5.74, 6) is -0.996. The molecule has 0 spiro atoms. The molecule has 2 atom stereocenters. The number of hydrogen-bond acceptors (Lipinski definition) is 4. The average molecular weight is 614 g/mol. The van der Waals surface area contributed by atoms with Crippen LogP contribution in [0.25, 0.3) is 0 Å². The van der Waals surface area contributed by atoms with Crippen LogP contribution in [0.4, 0.5) is 0 Å². The molecule has 0 aromatic heterocycles. The number of unbranched alkanes of at least 4 members (excludes halogenated alkanes) is 21. The Morgan fingerprint density at radius 3 is 1.50 bits per heavy atom. The van der Waals surface area contributed by atoms with Gasteiger partial charge >= 0.3 is 0 Å². The molecule has 2 unspecified atom stereocenters. The normalized spacial score (nSPS) is 13.7. The highest BCUT2D eigenvalue weighted by molar-refractivity contribution is 7.85. The summed E-state index contributed by atoms with van der Waals surface area (Å²) in [5, 5.41) is 13.1. The second-order valence-corrected chi connectivity index (χ2v) is 13.6. The van der Waals surface area contributed by atoms with E-state index >= 15 is 0 Å². The van der Waals surface area contributed by atoms with E-state index in [1.165, 1.54) is 122 Å². The molecule has 0 saturated carbocycles. The minimum Gasteiger partial charge on any atom is -0.387 e. The minimum atomic E-state index is -4.34. The second-order valence-electron chi connectivity index (χ2n) is 12.1. The maximum Gasteiger partial charge on any atom is 0.267 e. The molecule has 0 aromatic rings. The molecule has 0 rings (SSSR count). The Morgan fingerprint density at radius 1 is 0.619 bits per heavy atom. The fourth-order valence-corrected chi connectivity index (χ4v) is 5.96. The molecule has 0 heterocycles. The van der Waals surface area contributed by atoms with Gasteiger partial charge in [0.25, 0.3) is 10.1 Å². The van der Waals surface area contributed by atoms with E-state index in [4.69, 9.17) is 0 Å². The van der Waals surface area contributed by atoms with Gasteiger partial charge in [-0.3, -0.25) is 9.35 Å². The summed E-state index contributed by atoms with van der Waals surface area (Å²) in [5.41, 5.74) is 0. The second kappa shape index (κ2) is 29.9. The molecular weight excluding hydrogens is 546 g/mol. The van der Waals surface area contributed by atoms with E-state index in [2.05, 4.69) is 31.3 Å². The van der Waals surface area contributed by atoms with Crippen LogP contribution in [-0.2, 0) is 14.9 Å². The van der Waals surface area contributed by atoms with Gasteiger partial charge in [-0.15, -0.1) is 0 Å². The zero-order chi connectivity index (χ0) is 31.2. The SMILES string of the molecule is CCCCCCCCCC/C=C/CC/C=C/C(O)C(CS(=O)(=O)O)NC(=O)CCCCCCCCCCCCCCC. The van der Waals surface area contributed by atoms with Gasteiger partial charge in [-0.05, 0) is 32.1 Å². The number of aliphatic hydroxyl groups excluding tert-OH is 1. The highest BCUT2D eigenvalue weighted by atomic mass is 32.2.